The van der Waals surface area contributed by atoms with E-state index >= 15 is 0 Å². The van der Waals surface area contributed by atoms with E-state index in [9.17, 15) is 9.59 Å². The minimum absolute atomic E-state index is 0.0526. The summed E-state index contributed by atoms with van der Waals surface area (Å²) >= 11 is 3.02. The lowest BCUT2D eigenvalue weighted by Crippen LogP contribution is -2.43. The Balaban J connectivity index is 1.52. The van der Waals surface area contributed by atoms with Gasteiger partial charge in [0.2, 0.25) is 0 Å². The number of methoxy groups -OCH3 is 1. The first-order chi connectivity index (χ1) is 14.1. The van der Waals surface area contributed by atoms with Gasteiger partial charge in [-0.1, -0.05) is 18.1 Å². The summed E-state index contributed by atoms with van der Waals surface area (Å²) in [5.74, 6) is -0.638. The van der Waals surface area contributed by atoms with Crippen LogP contribution in [0.4, 0.5) is 0 Å². The summed E-state index contributed by atoms with van der Waals surface area (Å²) in [5, 5.41) is 16.0. The monoisotopic (exact) mass is 431 g/mol. The molecule has 29 heavy (non-hydrogen) atoms. The highest BCUT2D eigenvalue weighted by molar-refractivity contribution is 7.17. The number of nitrogens with one attached hydrogen (secondary N) is 1. The molecule has 0 bridgehead atoms. The first kappa shape index (κ1) is 19.7. The molecule has 8 nitrogen and oxygen atoms in total. The number of esters is 1. The van der Waals surface area contributed by atoms with Gasteiger partial charge < -0.3 is 10.1 Å². The van der Waals surface area contributed by atoms with Crippen LogP contribution in [0.2, 0.25) is 0 Å². The zero-order chi connectivity index (χ0) is 20.4. The molecular formula is C19H21N5O3S2. The van der Waals surface area contributed by atoms with Gasteiger partial charge in [0, 0.05) is 10.9 Å². The van der Waals surface area contributed by atoms with Crippen LogP contribution in [0, 0.1) is 6.92 Å². The van der Waals surface area contributed by atoms with Crippen molar-refractivity contribution in [2.75, 3.05) is 7.11 Å². The summed E-state index contributed by atoms with van der Waals surface area (Å²) in [6.07, 6.45) is 5.36. The average Bonchev–Trinajstić information content (AvgIpc) is 3.48. The van der Waals surface area contributed by atoms with E-state index in [0.717, 1.165) is 41.9 Å². The van der Waals surface area contributed by atoms with Crippen molar-refractivity contribution in [3.05, 3.63) is 39.3 Å². The Morgan fingerprint density at radius 1 is 1.31 bits per heavy atom. The number of aryl methyl sites for hydroxylation is 1. The molecule has 0 saturated heterocycles. The van der Waals surface area contributed by atoms with Crippen LogP contribution in [0.25, 0.3) is 10.6 Å². The largest absolute Gasteiger partial charge is 0.464 e. The second kappa shape index (κ2) is 8.42. The second-order valence-electron chi connectivity index (χ2n) is 6.95. The summed E-state index contributed by atoms with van der Waals surface area (Å²) in [6, 6.07) is 1.86. The molecule has 1 saturated carbocycles. The molecule has 0 spiro atoms. The molecule has 0 aromatic carbocycles. The number of nitrogens with zero attached hydrogens (tertiary/aromatic N) is 4. The van der Waals surface area contributed by atoms with Crippen molar-refractivity contribution in [2.45, 2.75) is 44.7 Å². The Morgan fingerprint density at radius 2 is 2.14 bits per heavy atom. The van der Waals surface area contributed by atoms with Crippen molar-refractivity contribution in [3.8, 4) is 10.6 Å². The molecule has 3 aromatic heterocycles. The normalized spacial score (nSPS) is 19.1. The van der Waals surface area contributed by atoms with E-state index in [1.54, 1.807) is 22.2 Å². The van der Waals surface area contributed by atoms with Crippen LogP contribution in [0.5, 0.6) is 0 Å². The summed E-state index contributed by atoms with van der Waals surface area (Å²) in [5.41, 5.74) is 1.94. The number of hydrogen-bond acceptors (Lipinski definition) is 8. The summed E-state index contributed by atoms with van der Waals surface area (Å²) in [6.45, 7) is 1.86. The topological polar surface area (TPSA) is 99.0 Å². The highest BCUT2D eigenvalue weighted by Crippen LogP contribution is 2.31. The van der Waals surface area contributed by atoms with Crippen LogP contribution in [-0.4, -0.2) is 45.0 Å². The zero-order valence-corrected chi connectivity index (χ0v) is 17.8. The fraction of sp³-hybridized carbons (Fsp3) is 0.421. The third-order valence-electron chi connectivity index (χ3n) is 5.06. The Kier molecular flexibility index (Phi) is 5.72. The van der Waals surface area contributed by atoms with E-state index in [2.05, 4.69) is 20.6 Å². The number of carbonyl (C=O) groups is 2. The Bertz CT molecular complexity index is 1010. The lowest BCUT2D eigenvalue weighted by Gasteiger charge is -2.31. The molecule has 0 aliphatic heterocycles. The van der Waals surface area contributed by atoms with Gasteiger partial charge in [-0.15, -0.1) is 16.4 Å². The quantitative estimate of drug-likeness (QED) is 0.621. The Morgan fingerprint density at radius 3 is 2.90 bits per heavy atom. The first-order valence-electron chi connectivity index (χ1n) is 9.38. The minimum atomic E-state index is -0.520. The summed E-state index contributed by atoms with van der Waals surface area (Å²) in [7, 11) is 1.31. The van der Waals surface area contributed by atoms with Crippen LogP contribution < -0.4 is 5.32 Å². The van der Waals surface area contributed by atoms with Crippen LogP contribution in [0.3, 0.4) is 0 Å². The van der Waals surface area contributed by atoms with Crippen molar-refractivity contribution in [1.29, 1.82) is 0 Å². The van der Waals surface area contributed by atoms with Gasteiger partial charge in [0.25, 0.3) is 5.91 Å². The number of ether oxygens (including phenoxy) is 1. The van der Waals surface area contributed by atoms with E-state index in [1.165, 1.54) is 18.4 Å². The molecule has 3 heterocycles. The summed E-state index contributed by atoms with van der Waals surface area (Å²) in [4.78, 5) is 29.9. The number of aromatic nitrogens is 4. The van der Waals surface area contributed by atoms with Crippen molar-refractivity contribution < 1.29 is 14.3 Å². The number of thiazole rings is 1. The van der Waals surface area contributed by atoms with Gasteiger partial charge in [0.1, 0.15) is 9.88 Å². The van der Waals surface area contributed by atoms with Crippen molar-refractivity contribution in [3.63, 3.8) is 0 Å². The molecule has 0 radical (unpaired) electrons. The van der Waals surface area contributed by atoms with E-state index in [1.807, 2.05) is 23.8 Å². The highest BCUT2D eigenvalue weighted by atomic mass is 32.1. The van der Waals surface area contributed by atoms with Crippen molar-refractivity contribution in [2.24, 2.45) is 0 Å². The second-order valence-corrected chi connectivity index (χ2v) is 8.73. The third kappa shape index (κ3) is 4.08. The maximum atomic E-state index is 13.0. The van der Waals surface area contributed by atoms with Gasteiger partial charge in [-0.05, 0) is 31.2 Å². The van der Waals surface area contributed by atoms with E-state index in [4.69, 9.17) is 4.74 Å². The summed E-state index contributed by atoms with van der Waals surface area (Å²) < 4.78 is 6.38. The van der Waals surface area contributed by atoms with Gasteiger partial charge in [-0.2, -0.15) is 11.3 Å². The molecular weight excluding hydrogens is 410 g/mol. The lowest BCUT2D eigenvalue weighted by molar-refractivity contribution is 0.0593. The lowest BCUT2D eigenvalue weighted by atomic mass is 9.90. The van der Waals surface area contributed by atoms with E-state index in [0.29, 0.717) is 4.88 Å². The van der Waals surface area contributed by atoms with E-state index < -0.39 is 5.97 Å². The molecule has 1 amide bonds. The maximum absolute atomic E-state index is 13.0. The molecule has 2 atom stereocenters. The average molecular weight is 432 g/mol. The predicted molar refractivity (Wildman–Crippen MR) is 110 cm³/mol. The van der Waals surface area contributed by atoms with Gasteiger partial charge in [-0.25, -0.2) is 14.5 Å². The molecule has 0 unspecified atom stereocenters. The molecule has 4 rings (SSSR count). The van der Waals surface area contributed by atoms with Crippen LogP contribution in [0.15, 0.2) is 23.0 Å². The Hall–Kier alpha value is -2.59. The van der Waals surface area contributed by atoms with Gasteiger partial charge in [-0.3, -0.25) is 4.79 Å². The number of rotatable bonds is 5. The third-order valence-corrected chi connectivity index (χ3v) is 6.95. The highest BCUT2D eigenvalue weighted by Gasteiger charge is 2.31. The van der Waals surface area contributed by atoms with Crippen LogP contribution >= 0.6 is 22.7 Å². The first-order valence-corrected chi connectivity index (χ1v) is 11.1. The van der Waals surface area contributed by atoms with E-state index in [-0.39, 0.29) is 23.7 Å². The molecule has 3 aromatic rings. The van der Waals surface area contributed by atoms with Crippen molar-refractivity contribution >= 4 is 34.6 Å². The fourth-order valence-electron chi connectivity index (χ4n) is 3.58. The molecule has 1 fully saturated rings. The molecule has 1 aliphatic carbocycles. The number of thiophene rings is 1. The predicted octanol–water partition coefficient (Wildman–Crippen LogP) is 3.47. The number of amides is 1. The number of hydrogen-bond donors (Lipinski definition) is 1. The SMILES string of the molecule is COC(=O)c1cn([C@@H]2CCCC[C@H]2NC(=O)c2sc(-c3ccsc3)nc2C)nn1. The van der Waals surface area contributed by atoms with Crippen molar-refractivity contribution in [1.82, 2.24) is 25.3 Å². The van der Waals surface area contributed by atoms with Gasteiger partial charge in [0.05, 0.1) is 31.1 Å². The molecule has 10 heteroatoms. The fourth-order valence-corrected chi connectivity index (χ4v) is 5.26. The smallest absolute Gasteiger partial charge is 0.360 e. The molecule has 1 N–H and O–H groups in total. The zero-order valence-electron chi connectivity index (χ0n) is 16.1. The standard InChI is InChI=1S/C19H21N5O3S2/c1-11-16(29-18(20-11)12-7-8-28-10-12)17(25)21-13-5-3-4-6-15(13)24-9-14(22-23-24)19(26)27-2/h7-10,13,15H,3-6H2,1-2H3,(H,21,25)/t13-,15-/m1/s1. The van der Waals surface area contributed by atoms with Crippen LogP contribution in [0.1, 0.15) is 57.6 Å². The molecule has 1 aliphatic rings. The molecule has 152 valence electrons. The maximum Gasteiger partial charge on any atom is 0.360 e. The van der Waals surface area contributed by atoms with Gasteiger partial charge in [0.15, 0.2) is 5.69 Å². The minimum Gasteiger partial charge on any atom is -0.464 e. The van der Waals surface area contributed by atoms with Gasteiger partial charge >= 0.3 is 5.97 Å². The van der Waals surface area contributed by atoms with Crippen LogP contribution in [-0.2, 0) is 4.74 Å². The number of carbonyl (C=O) groups excluding carboxylic acids is 2. The Labute approximate surface area is 175 Å².